The van der Waals surface area contributed by atoms with Gasteiger partial charge in [0.15, 0.2) is 16.3 Å². The molecular weight excluding hydrogens is 520 g/mol. The molecule has 34 heavy (non-hydrogen) atoms. The molecule has 0 radical (unpaired) electrons. The van der Waals surface area contributed by atoms with Gasteiger partial charge < -0.3 is 14.6 Å². The van der Waals surface area contributed by atoms with Crippen LogP contribution in [-0.4, -0.2) is 28.9 Å². The first-order valence-corrected chi connectivity index (χ1v) is 12.4. The van der Waals surface area contributed by atoms with Gasteiger partial charge in [-0.2, -0.15) is 0 Å². The number of halogens is 1. The molecule has 2 heterocycles. The molecule has 2 aromatic carbocycles. The monoisotopic (exact) mass is 542 g/mol. The van der Waals surface area contributed by atoms with E-state index in [9.17, 15) is 14.7 Å². The smallest absolute Gasteiger partial charge is 0.338 e. The van der Waals surface area contributed by atoms with E-state index >= 15 is 0 Å². The number of phenols is 1. The molecule has 176 valence electrons. The summed E-state index contributed by atoms with van der Waals surface area (Å²) in [5, 5.41) is 10.7. The fourth-order valence-electron chi connectivity index (χ4n) is 3.85. The Morgan fingerprint density at radius 1 is 1.24 bits per heavy atom. The van der Waals surface area contributed by atoms with Crippen molar-refractivity contribution in [2.24, 2.45) is 4.99 Å². The average Bonchev–Trinajstić information content (AvgIpc) is 3.11. The summed E-state index contributed by atoms with van der Waals surface area (Å²) in [5.74, 6) is -0.240. The Hall–Kier alpha value is -3.17. The van der Waals surface area contributed by atoms with Crippen molar-refractivity contribution in [1.29, 1.82) is 0 Å². The molecule has 0 spiro atoms. The van der Waals surface area contributed by atoms with Crippen molar-refractivity contribution in [2.45, 2.75) is 26.8 Å². The number of thiazole rings is 1. The molecule has 7 nitrogen and oxygen atoms in total. The summed E-state index contributed by atoms with van der Waals surface area (Å²) >= 11 is 4.62. The van der Waals surface area contributed by atoms with Crippen LogP contribution in [0.4, 0.5) is 0 Å². The molecule has 3 aromatic rings. The first-order chi connectivity index (χ1) is 16.3. The summed E-state index contributed by atoms with van der Waals surface area (Å²) < 4.78 is 13.4. The minimum Gasteiger partial charge on any atom is -0.504 e. The first-order valence-electron chi connectivity index (χ1n) is 10.8. The van der Waals surface area contributed by atoms with Crippen LogP contribution in [0.25, 0.3) is 6.08 Å². The maximum Gasteiger partial charge on any atom is 0.338 e. The predicted octanol–water partition coefficient (Wildman–Crippen LogP) is 3.67. The van der Waals surface area contributed by atoms with Crippen LogP contribution >= 0.6 is 27.3 Å². The van der Waals surface area contributed by atoms with Gasteiger partial charge in [-0.15, -0.1) is 0 Å². The van der Waals surface area contributed by atoms with Gasteiger partial charge in [0, 0.05) is 10.0 Å². The van der Waals surface area contributed by atoms with E-state index in [1.54, 1.807) is 32.1 Å². The molecule has 0 fully saturated rings. The maximum absolute atomic E-state index is 13.6. The Morgan fingerprint density at radius 2 is 1.97 bits per heavy atom. The zero-order valence-corrected chi connectivity index (χ0v) is 21.3. The van der Waals surface area contributed by atoms with E-state index in [1.807, 2.05) is 37.3 Å². The number of carbonyl (C=O) groups is 1. The van der Waals surface area contributed by atoms with Gasteiger partial charge in [0.1, 0.15) is 0 Å². The molecule has 0 bridgehead atoms. The van der Waals surface area contributed by atoms with Crippen LogP contribution in [0.2, 0.25) is 0 Å². The second kappa shape index (κ2) is 9.99. The van der Waals surface area contributed by atoms with Gasteiger partial charge in [-0.3, -0.25) is 9.36 Å². The number of allylic oxidation sites excluding steroid dienone is 1. The van der Waals surface area contributed by atoms with Crippen molar-refractivity contribution in [2.75, 3.05) is 13.2 Å². The lowest BCUT2D eigenvalue weighted by Crippen LogP contribution is -2.39. The molecule has 1 aliphatic heterocycles. The number of aromatic nitrogens is 1. The summed E-state index contributed by atoms with van der Waals surface area (Å²) in [6.07, 6.45) is 1.61. The Labute approximate surface area is 208 Å². The highest BCUT2D eigenvalue weighted by atomic mass is 79.9. The first kappa shape index (κ1) is 24.0. The van der Waals surface area contributed by atoms with Gasteiger partial charge in [0.25, 0.3) is 5.56 Å². The SMILES string of the molecule is CCOC(=O)C1=C(C)N=c2s/c(=C/c3cc(Br)cc(OCC)c3O)c(=O)n2[C@@H]1c1ccccc1. The number of ether oxygens (including phenoxy) is 2. The van der Waals surface area contributed by atoms with Crippen molar-refractivity contribution in [3.8, 4) is 11.5 Å². The number of esters is 1. The van der Waals surface area contributed by atoms with E-state index in [0.717, 1.165) is 5.56 Å². The standard InChI is InChI=1S/C25H23BrN2O5S/c1-4-32-18-13-17(26)11-16(22(18)29)12-19-23(30)28-21(15-9-7-6-8-10-15)20(24(31)33-5-2)14(3)27-25(28)34-19/h6-13,21,29H,4-5H2,1-3H3/b19-12+/t21-/m1/s1. The second-order valence-electron chi connectivity index (χ2n) is 7.49. The van der Waals surface area contributed by atoms with Gasteiger partial charge in [-0.1, -0.05) is 57.6 Å². The maximum atomic E-state index is 13.6. The highest BCUT2D eigenvalue weighted by Crippen LogP contribution is 2.34. The molecule has 4 rings (SSSR count). The minimum absolute atomic E-state index is 0.0566. The van der Waals surface area contributed by atoms with Gasteiger partial charge in [-0.25, -0.2) is 9.79 Å². The van der Waals surface area contributed by atoms with Crippen LogP contribution in [0.3, 0.4) is 0 Å². The molecule has 0 unspecified atom stereocenters. The van der Waals surface area contributed by atoms with Gasteiger partial charge in [0.2, 0.25) is 0 Å². The van der Waals surface area contributed by atoms with Gasteiger partial charge >= 0.3 is 5.97 Å². The van der Waals surface area contributed by atoms with Crippen LogP contribution in [0.15, 0.2) is 68.0 Å². The quantitative estimate of drug-likeness (QED) is 0.480. The van der Waals surface area contributed by atoms with Crippen molar-refractivity contribution in [3.05, 3.63) is 89.0 Å². The van der Waals surface area contributed by atoms with Crippen LogP contribution < -0.4 is 19.6 Å². The number of nitrogens with zero attached hydrogens (tertiary/aromatic N) is 2. The van der Waals surface area contributed by atoms with Crippen LogP contribution in [0, 0.1) is 0 Å². The van der Waals surface area contributed by atoms with E-state index < -0.39 is 12.0 Å². The number of hydrogen-bond donors (Lipinski definition) is 1. The zero-order valence-electron chi connectivity index (χ0n) is 18.9. The number of rotatable bonds is 6. The Morgan fingerprint density at radius 3 is 2.65 bits per heavy atom. The zero-order chi connectivity index (χ0) is 24.4. The molecule has 0 saturated carbocycles. The number of phenolic OH excluding ortho intramolecular Hbond substituents is 1. The molecule has 1 aliphatic rings. The summed E-state index contributed by atoms with van der Waals surface area (Å²) in [6, 6.07) is 12.0. The van der Waals surface area contributed by atoms with E-state index in [0.29, 0.717) is 43.0 Å². The highest BCUT2D eigenvalue weighted by Gasteiger charge is 2.33. The molecule has 9 heteroatoms. The lowest BCUT2D eigenvalue weighted by atomic mass is 9.96. The van der Waals surface area contributed by atoms with E-state index in [2.05, 4.69) is 20.9 Å². The highest BCUT2D eigenvalue weighted by molar-refractivity contribution is 9.10. The van der Waals surface area contributed by atoms with Crippen molar-refractivity contribution in [3.63, 3.8) is 0 Å². The molecule has 1 atom stereocenters. The molecule has 0 aliphatic carbocycles. The average molecular weight is 543 g/mol. The molecule has 0 saturated heterocycles. The number of hydrogen-bond acceptors (Lipinski definition) is 7. The van der Waals surface area contributed by atoms with E-state index in [1.165, 1.54) is 15.9 Å². The Balaban J connectivity index is 1.95. The number of fused-ring (bicyclic) bond motifs is 1. The largest absolute Gasteiger partial charge is 0.504 e. The lowest BCUT2D eigenvalue weighted by molar-refractivity contribution is -0.139. The van der Waals surface area contributed by atoms with Gasteiger partial charge in [-0.05, 0) is 44.5 Å². The van der Waals surface area contributed by atoms with Crippen molar-refractivity contribution >= 4 is 39.3 Å². The summed E-state index contributed by atoms with van der Waals surface area (Å²) in [6.45, 7) is 5.91. The molecular formula is C25H23BrN2O5S. The molecule has 1 N–H and O–H groups in total. The fraction of sp³-hybridized carbons (Fsp3) is 0.240. The van der Waals surface area contributed by atoms with Crippen molar-refractivity contribution in [1.82, 2.24) is 4.57 Å². The second-order valence-corrected chi connectivity index (χ2v) is 9.41. The molecule has 1 aromatic heterocycles. The topological polar surface area (TPSA) is 90.1 Å². The molecule has 0 amide bonds. The van der Waals surface area contributed by atoms with Gasteiger partial charge in [0.05, 0.1) is 35.1 Å². The Kier molecular flexibility index (Phi) is 7.04. The third-order valence-corrected chi connectivity index (χ3v) is 6.73. The predicted molar refractivity (Wildman–Crippen MR) is 134 cm³/mol. The summed E-state index contributed by atoms with van der Waals surface area (Å²) in [7, 11) is 0. The minimum atomic E-state index is -0.672. The fourth-order valence-corrected chi connectivity index (χ4v) is 5.35. The number of aromatic hydroxyl groups is 1. The van der Waals surface area contributed by atoms with Crippen LogP contribution in [0.5, 0.6) is 11.5 Å². The third-order valence-electron chi connectivity index (χ3n) is 5.29. The normalized spacial score (nSPS) is 15.6. The number of benzene rings is 2. The summed E-state index contributed by atoms with van der Waals surface area (Å²) in [4.78, 5) is 31.5. The van der Waals surface area contributed by atoms with E-state index in [-0.39, 0.29) is 17.9 Å². The number of carbonyl (C=O) groups excluding carboxylic acids is 1. The van der Waals surface area contributed by atoms with Crippen molar-refractivity contribution < 1.29 is 19.4 Å². The third kappa shape index (κ3) is 4.45. The Bertz CT molecular complexity index is 1460. The van der Waals surface area contributed by atoms with E-state index in [4.69, 9.17) is 9.47 Å². The van der Waals surface area contributed by atoms with Crippen LogP contribution in [-0.2, 0) is 9.53 Å². The van der Waals surface area contributed by atoms with Crippen LogP contribution in [0.1, 0.15) is 37.9 Å². The lowest BCUT2D eigenvalue weighted by Gasteiger charge is -2.24. The summed E-state index contributed by atoms with van der Waals surface area (Å²) in [5.41, 5.74) is 1.72.